The Morgan fingerprint density at radius 3 is 2.62 bits per heavy atom. The Hall–Kier alpha value is -4.61. The lowest BCUT2D eigenvalue weighted by atomic mass is 10.1. The third kappa shape index (κ3) is 4.90. The Kier molecular flexibility index (Phi) is 6.88. The van der Waals surface area contributed by atoms with Crippen LogP contribution in [0.1, 0.15) is 29.2 Å². The third-order valence-corrected chi connectivity index (χ3v) is 6.61. The molecule has 3 aromatic rings. The van der Waals surface area contributed by atoms with Crippen LogP contribution < -0.4 is 9.47 Å². The Balaban J connectivity index is 1.42. The number of carbonyl (C=O) groups excluding carboxylic acids is 1. The molecule has 1 amide bonds. The Bertz CT molecular complexity index is 1520. The lowest BCUT2D eigenvalue weighted by molar-refractivity contribution is -0.114. The van der Waals surface area contributed by atoms with E-state index in [1.54, 1.807) is 35.2 Å². The normalized spacial score (nSPS) is 15.7. The number of thioether (sulfide) groups is 1. The second-order valence-corrected chi connectivity index (χ2v) is 8.96. The van der Waals surface area contributed by atoms with E-state index in [0.29, 0.717) is 34.4 Å². The van der Waals surface area contributed by atoms with Crippen molar-refractivity contribution in [3.05, 3.63) is 106 Å². The highest BCUT2D eigenvalue weighted by molar-refractivity contribution is 8.17. The molecule has 0 fully saturated rings. The molecule has 2 aliphatic heterocycles. The summed E-state index contributed by atoms with van der Waals surface area (Å²) < 4.78 is 11.8. The van der Waals surface area contributed by atoms with Crippen molar-refractivity contribution < 1.29 is 14.3 Å². The molecule has 0 spiro atoms. The largest absolute Gasteiger partial charge is 0.490 e. The van der Waals surface area contributed by atoms with E-state index in [4.69, 9.17) is 14.9 Å². The average molecular weight is 507 g/mol. The van der Waals surface area contributed by atoms with Gasteiger partial charge < -0.3 is 9.47 Å². The number of amidine groups is 2. The van der Waals surface area contributed by atoms with Crippen LogP contribution in [0.2, 0.25) is 0 Å². The van der Waals surface area contributed by atoms with Crippen molar-refractivity contribution in [3.63, 3.8) is 0 Å². The molecule has 0 aliphatic carbocycles. The first-order valence-electron chi connectivity index (χ1n) is 11.6. The van der Waals surface area contributed by atoms with Crippen LogP contribution in [0.4, 0.5) is 0 Å². The van der Waals surface area contributed by atoms with Crippen molar-refractivity contribution in [2.45, 2.75) is 13.5 Å². The van der Waals surface area contributed by atoms with Crippen molar-refractivity contribution in [1.82, 2.24) is 4.90 Å². The predicted octanol–water partition coefficient (Wildman–Crippen LogP) is 5.84. The molecule has 0 saturated carbocycles. The number of hydrogen-bond acceptors (Lipinski definition) is 6. The van der Waals surface area contributed by atoms with E-state index in [-0.39, 0.29) is 18.0 Å². The SMILES string of the molecule is CCOc1cc(/C=C2\C(=N)N3C(c4ccccc4)=CSC3=NC2=O)ccc1OCc1ccccc1C#N. The smallest absolute Gasteiger partial charge is 0.283 e. The lowest BCUT2D eigenvalue weighted by Gasteiger charge is -2.27. The zero-order valence-corrected chi connectivity index (χ0v) is 20.8. The summed E-state index contributed by atoms with van der Waals surface area (Å²) >= 11 is 1.33. The van der Waals surface area contributed by atoms with Crippen LogP contribution >= 0.6 is 11.8 Å². The first-order chi connectivity index (χ1) is 18.1. The summed E-state index contributed by atoms with van der Waals surface area (Å²) in [5, 5.41) is 20.5. The van der Waals surface area contributed by atoms with Gasteiger partial charge in [0.15, 0.2) is 16.7 Å². The maximum Gasteiger partial charge on any atom is 0.283 e. The molecule has 0 bridgehead atoms. The van der Waals surface area contributed by atoms with Gasteiger partial charge in [-0.25, -0.2) is 0 Å². The molecule has 182 valence electrons. The number of aliphatic imine (C=N–C) groups is 1. The maximum absolute atomic E-state index is 12.9. The number of amides is 1. The molecular formula is C29H22N4O3S. The van der Waals surface area contributed by atoms with E-state index in [1.165, 1.54) is 11.8 Å². The summed E-state index contributed by atoms with van der Waals surface area (Å²) in [6.07, 6.45) is 1.65. The van der Waals surface area contributed by atoms with Gasteiger partial charge in [0.25, 0.3) is 5.91 Å². The monoisotopic (exact) mass is 506 g/mol. The molecule has 7 nitrogen and oxygen atoms in total. The molecule has 2 aliphatic rings. The minimum Gasteiger partial charge on any atom is -0.490 e. The highest BCUT2D eigenvalue weighted by atomic mass is 32.2. The standard InChI is InChI=1S/C29H22N4O3S/c1-2-35-26-15-19(12-13-25(26)36-17-22-11-7-6-10-21(22)16-30)14-23-27(31)33-24(20-8-4-3-5-9-20)18-37-29(33)32-28(23)34/h3-15,18,31H,2,17H2,1H3/b23-14+,31-27?. The molecule has 0 aromatic heterocycles. The first kappa shape index (κ1) is 24.1. The second-order valence-electron chi connectivity index (χ2n) is 8.13. The van der Waals surface area contributed by atoms with Crippen LogP contribution in [-0.2, 0) is 11.4 Å². The zero-order valence-electron chi connectivity index (χ0n) is 20.0. The molecule has 0 radical (unpaired) electrons. The molecule has 37 heavy (non-hydrogen) atoms. The van der Waals surface area contributed by atoms with Gasteiger partial charge in [-0.3, -0.25) is 15.1 Å². The van der Waals surface area contributed by atoms with Crippen molar-refractivity contribution in [1.29, 1.82) is 10.7 Å². The number of nitrogens with one attached hydrogen (secondary N) is 1. The van der Waals surface area contributed by atoms with Gasteiger partial charge in [-0.05, 0) is 42.3 Å². The number of nitrogens with zero attached hydrogens (tertiary/aromatic N) is 3. The van der Waals surface area contributed by atoms with Gasteiger partial charge in [-0.15, -0.1) is 0 Å². The van der Waals surface area contributed by atoms with E-state index >= 15 is 0 Å². The van der Waals surface area contributed by atoms with Crippen LogP contribution in [0.15, 0.2) is 88.8 Å². The fourth-order valence-electron chi connectivity index (χ4n) is 3.99. The summed E-state index contributed by atoms with van der Waals surface area (Å²) in [5.41, 5.74) is 3.95. The molecule has 0 saturated heterocycles. The van der Waals surface area contributed by atoms with Crippen LogP contribution in [0.25, 0.3) is 11.8 Å². The minimum atomic E-state index is -0.460. The predicted molar refractivity (Wildman–Crippen MR) is 145 cm³/mol. The van der Waals surface area contributed by atoms with Crippen molar-refractivity contribution >= 4 is 40.4 Å². The molecule has 3 aromatic carbocycles. The topological polar surface area (TPSA) is 98.8 Å². The van der Waals surface area contributed by atoms with Crippen molar-refractivity contribution in [3.8, 4) is 17.6 Å². The van der Waals surface area contributed by atoms with Gasteiger partial charge in [0, 0.05) is 11.0 Å². The van der Waals surface area contributed by atoms with E-state index in [1.807, 2.05) is 60.9 Å². The Morgan fingerprint density at radius 1 is 1.05 bits per heavy atom. The highest BCUT2D eigenvalue weighted by Gasteiger charge is 2.36. The number of fused-ring (bicyclic) bond motifs is 1. The molecule has 0 atom stereocenters. The fourth-order valence-corrected chi connectivity index (χ4v) is 4.88. The fraction of sp³-hybridized carbons (Fsp3) is 0.103. The molecule has 1 N–H and O–H groups in total. The summed E-state index contributed by atoms with van der Waals surface area (Å²) in [5.74, 6) is 0.638. The van der Waals surface area contributed by atoms with Crippen LogP contribution in [0.3, 0.4) is 0 Å². The van der Waals surface area contributed by atoms with E-state index in [2.05, 4.69) is 11.1 Å². The van der Waals surface area contributed by atoms with Gasteiger partial charge in [-0.1, -0.05) is 66.4 Å². The zero-order chi connectivity index (χ0) is 25.8. The number of nitriles is 1. The lowest BCUT2D eigenvalue weighted by Crippen LogP contribution is -2.38. The summed E-state index contributed by atoms with van der Waals surface area (Å²) in [7, 11) is 0. The maximum atomic E-state index is 12.9. The molecule has 5 rings (SSSR count). The van der Waals surface area contributed by atoms with Crippen LogP contribution in [-0.4, -0.2) is 28.4 Å². The highest BCUT2D eigenvalue weighted by Crippen LogP contribution is 2.38. The van der Waals surface area contributed by atoms with Gasteiger partial charge in [0.05, 0.1) is 29.5 Å². The van der Waals surface area contributed by atoms with Crippen LogP contribution in [0.5, 0.6) is 11.5 Å². The first-order valence-corrected chi connectivity index (χ1v) is 12.5. The number of benzene rings is 3. The summed E-state index contributed by atoms with van der Waals surface area (Å²) in [6.45, 7) is 2.51. The average Bonchev–Trinajstić information content (AvgIpc) is 3.35. The Labute approximate surface area is 218 Å². The molecule has 2 heterocycles. The Morgan fingerprint density at radius 2 is 1.84 bits per heavy atom. The van der Waals surface area contributed by atoms with E-state index in [0.717, 1.165) is 16.8 Å². The number of hydrogen-bond donors (Lipinski definition) is 1. The van der Waals surface area contributed by atoms with Gasteiger partial charge in [-0.2, -0.15) is 10.3 Å². The van der Waals surface area contributed by atoms with Gasteiger partial charge in [0.2, 0.25) is 0 Å². The number of rotatable bonds is 7. The molecule has 8 heteroatoms. The van der Waals surface area contributed by atoms with Gasteiger partial charge >= 0.3 is 0 Å². The summed E-state index contributed by atoms with van der Waals surface area (Å²) in [6, 6.07) is 24.5. The second kappa shape index (κ2) is 10.6. The molecular weight excluding hydrogens is 484 g/mol. The van der Waals surface area contributed by atoms with E-state index in [9.17, 15) is 10.1 Å². The van der Waals surface area contributed by atoms with Crippen molar-refractivity contribution in [2.24, 2.45) is 4.99 Å². The molecule has 0 unspecified atom stereocenters. The van der Waals surface area contributed by atoms with Gasteiger partial charge in [0.1, 0.15) is 12.4 Å². The summed E-state index contributed by atoms with van der Waals surface area (Å²) in [4.78, 5) is 18.8. The minimum absolute atomic E-state index is 0.0708. The van der Waals surface area contributed by atoms with Crippen LogP contribution in [0, 0.1) is 16.7 Å². The van der Waals surface area contributed by atoms with Crippen molar-refractivity contribution in [2.75, 3.05) is 6.61 Å². The number of carbonyl (C=O) groups is 1. The quantitative estimate of drug-likeness (QED) is 0.404. The number of ether oxygens (including phenoxy) is 2. The van der Waals surface area contributed by atoms with E-state index < -0.39 is 5.91 Å². The third-order valence-electron chi connectivity index (χ3n) is 5.78.